The average molecular weight is 313 g/mol. The van der Waals surface area contributed by atoms with Gasteiger partial charge in [-0.3, -0.25) is 0 Å². The third-order valence-electron chi connectivity index (χ3n) is 3.81. The van der Waals surface area contributed by atoms with Gasteiger partial charge in [0.25, 0.3) is 0 Å². The van der Waals surface area contributed by atoms with Crippen LogP contribution in [-0.2, 0) is 0 Å². The molecule has 2 unspecified atom stereocenters. The Morgan fingerprint density at radius 3 is 2.78 bits per heavy atom. The first kappa shape index (κ1) is 13.8. The predicted octanol–water partition coefficient (Wildman–Crippen LogP) is 3.36. The zero-order valence-corrected chi connectivity index (χ0v) is 12.4. The summed E-state index contributed by atoms with van der Waals surface area (Å²) in [7, 11) is 0. The van der Waals surface area contributed by atoms with Crippen molar-refractivity contribution in [3.63, 3.8) is 0 Å². The highest BCUT2D eigenvalue weighted by atomic mass is 79.9. The molecular weight excluding hydrogens is 292 g/mol. The predicted molar refractivity (Wildman–Crippen MR) is 77.7 cm³/mol. The number of nitrogens with one attached hydrogen (secondary N) is 1. The lowest BCUT2D eigenvalue weighted by atomic mass is 9.79. The van der Waals surface area contributed by atoms with Crippen molar-refractivity contribution in [2.75, 3.05) is 18.5 Å². The van der Waals surface area contributed by atoms with Crippen LogP contribution in [0, 0.1) is 18.8 Å². The summed E-state index contributed by atoms with van der Waals surface area (Å²) in [6.45, 7) is 3.25. The van der Waals surface area contributed by atoms with E-state index in [1.54, 1.807) is 0 Å². The van der Waals surface area contributed by atoms with Crippen molar-refractivity contribution in [1.29, 1.82) is 0 Å². The Labute approximate surface area is 117 Å². The second-order valence-corrected chi connectivity index (χ2v) is 6.07. The maximum absolute atomic E-state index is 9.40. The molecule has 0 radical (unpaired) electrons. The molecule has 0 spiro atoms. The van der Waals surface area contributed by atoms with Crippen LogP contribution in [0.3, 0.4) is 0 Å². The van der Waals surface area contributed by atoms with Gasteiger partial charge in [-0.25, -0.2) is 4.98 Å². The second-order valence-electron chi connectivity index (χ2n) is 5.21. The Kier molecular flexibility index (Phi) is 5.01. The Morgan fingerprint density at radius 1 is 1.39 bits per heavy atom. The molecular formula is C14H21BrN2O. The van der Waals surface area contributed by atoms with Gasteiger partial charge in [-0.05, 0) is 59.2 Å². The molecule has 2 N–H and O–H groups in total. The Bertz CT molecular complexity index is 397. The number of anilines is 1. The number of hydrogen-bond donors (Lipinski definition) is 2. The summed E-state index contributed by atoms with van der Waals surface area (Å²) in [6, 6.07) is 2.07. The molecule has 1 aromatic rings. The standard InChI is InChI=1S/C14H21BrN2O/c1-10-6-13(15)14(16-7-10)17-8-11-4-2-3-5-12(11)9-18/h6-7,11-12,18H,2-5,8-9H2,1H3,(H,16,17). The second kappa shape index (κ2) is 6.53. The summed E-state index contributed by atoms with van der Waals surface area (Å²) in [6.07, 6.45) is 6.78. The number of aryl methyl sites for hydroxylation is 1. The minimum atomic E-state index is 0.314. The summed E-state index contributed by atoms with van der Waals surface area (Å²) >= 11 is 3.53. The van der Waals surface area contributed by atoms with Crippen LogP contribution in [0.1, 0.15) is 31.2 Å². The third kappa shape index (κ3) is 3.45. The quantitative estimate of drug-likeness (QED) is 0.896. The van der Waals surface area contributed by atoms with Gasteiger partial charge in [0, 0.05) is 19.3 Å². The van der Waals surface area contributed by atoms with Gasteiger partial charge in [0.15, 0.2) is 0 Å². The van der Waals surface area contributed by atoms with Gasteiger partial charge < -0.3 is 10.4 Å². The van der Waals surface area contributed by atoms with Crippen LogP contribution in [0.5, 0.6) is 0 Å². The van der Waals surface area contributed by atoms with Gasteiger partial charge in [-0.2, -0.15) is 0 Å². The number of aliphatic hydroxyl groups excluding tert-OH is 1. The van der Waals surface area contributed by atoms with Gasteiger partial charge in [0.1, 0.15) is 5.82 Å². The van der Waals surface area contributed by atoms with Gasteiger partial charge in [0.05, 0.1) is 4.47 Å². The number of aliphatic hydroxyl groups is 1. The number of rotatable bonds is 4. The van der Waals surface area contributed by atoms with Gasteiger partial charge >= 0.3 is 0 Å². The number of halogens is 1. The largest absolute Gasteiger partial charge is 0.396 e. The summed E-state index contributed by atoms with van der Waals surface area (Å²) < 4.78 is 1.01. The topological polar surface area (TPSA) is 45.2 Å². The lowest BCUT2D eigenvalue weighted by Gasteiger charge is -2.30. The van der Waals surface area contributed by atoms with Crippen molar-refractivity contribution in [3.8, 4) is 0 Å². The molecule has 3 nitrogen and oxygen atoms in total. The van der Waals surface area contributed by atoms with E-state index >= 15 is 0 Å². The molecule has 1 aliphatic carbocycles. The van der Waals surface area contributed by atoms with Crippen molar-refractivity contribution in [2.24, 2.45) is 11.8 Å². The van der Waals surface area contributed by atoms with E-state index in [2.05, 4.69) is 32.3 Å². The van der Waals surface area contributed by atoms with E-state index in [-0.39, 0.29) is 0 Å². The van der Waals surface area contributed by atoms with Crippen LogP contribution in [0.25, 0.3) is 0 Å². The first-order valence-electron chi connectivity index (χ1n) is 6.67. The Hall–Kier alpha value is -0.610. The highest BCUT2D eigenvalue weighted by molar-refractivity contribution is 9.10. The summed E-state index contributed by atoms with van der Waals surface area (Å²) in [5.41, 5.74) is 1.15. The van der Waals surface area contributed by atoms with Crippen molar-refractivity contribution < 1.29 is 5.11 Å². The van der Waals surface area contributed by atoms with Crippen molar-refractivity contribution >= 4 is 21.7 Å². The number of hydrogen-bond acceptors (Lipinski definition) is 3. The van der Waals surface area contributed by atoms with Crippen LogP contribution < -0.4 is 5.32 Å². The van der Waals surface area contributed by atoms with Crippen LogP contribution in [0.15, 0.2) is 16.7 Å². The van der Waals surface area contributed by atoms with Gasteiger partial charge in [-0.1, -0.05) is 12.8 Å². The third-order valence-corrected chi connectivity index (χ3v) is 4.42. The average Bonchev–Trinajstić information content (AvgIpc) is 2.38. The molecule has 0 aliphatic heterocycles. The van der Waals surface area contributed by atoms with Gasteiger partial charge in [-0.15, -0.1) is 0 Å². The highest BCUT2D eigenvalue weighted by Crippen LogP contribution is 2.30. The first-order valence-corrected chi connectivity index (χ1v) is 7.47. The molecule has 0 aromatic carbocycles. The van der Waals surface area contributed by atoms with Crippen molar-refractivity contribution in [3.05, 3.63) is 22.3 Å². The van der Waals surface area contributed by atoms with E-state index in [1.807, 2.05) is 13.1 Å². The van der Waals surface area contributed by atoms with Crippen LogP contribution in [-0.4, -0.2) is 23.2 Å². The number of pyridine rings is 1. The summed E-state index contributed by atoms with van der Waals surface area (Å²) in [5.74, 6) is 1.93. The molecule has 1 aliphatic rings. The highest BCUT2D eigenvalue weighted by Gasteiger charge is 2.24. The molecule has 4 heteroatoms. The molecule has 2 rings (SSSR count). The van der Waals surface area contributed by atoms with Crippen molar-refractivity contribution in [1.82, 2.24) is 4.98 Å². The molecule has 0 saturated heterocycles. The molecule has 1 fully saturated rings. The minimum absolute atomic E-state index is 0.314. The number of nitrogens with zero attached hydrogens (tertiary/aromatic N) is 1. The maximum atomic E-state index is 9.40. The minimum Gasteiger partial charge on any atom is -0.396 e. The molecule has 0 bridgehead atoms. The van der Waals surface area contributed by atoms with Crippen molar-refractivity contribution in [2.45, 2.75) is 32.6 Å². The molecule has 100 valence electrons. The SMILES string of the molecule is Cc1cnc(NCC2CCCCC2CO)c(Br)c1. The van der Waals surface area contributed by atoms with E-state index in [0.717, 1.165) is 28.8 Å². The Morgan fingerprint density at radius 2 is 2.11 bits per heavy atom. The fourth-order valence-corrected chi connectivity index (χ4v) is 3.29. The van der Waals surface area contributed by atoms with E-state index in [0.29, 0.717) is 18.4 Å². The van der Waals surface area contributed by atoms with Gasteiger partial charge in [0.2, 0.25) is 0 Å². The maximum Gasteiger partial charge on any atom is 0.140 e. The van der Waals surface area contributed by atoms with E-state index in [4.69, 9.17) is 0 Å². The zero-order valence-electron chi connectivity index (χ0n) is 10.8. The van der Waals surface area contributed by atoms with Crippen LogP contribution in [0.2, 0.25) is 0 Å². The molecule has 1 aromatic heterocycles. The van der Waals surface area contributed by atoms with Crippen LogP contribution in [0.4, 0.5) is 5.82 Å². The summed E-state index contributed by atoms with van der Waals surface area (Å²) in [4.78, 5) is 4.39. The first-order chi connectivity index (χ1) is 8.70. The molecule has 18 heavy (non-hydrogen) atoms. The van der Waals surface area contributed by atoms with E-state index in [1.165, 1.54) is 19.3 Å². The summed E-state index contributed by atoms with van der Waals surface area (Å²) in [5, 5.41) is 12.8. The molecule has 2 atom stereocenters. The lowest BCUT2D eigenvalue weighted by molar-refractivity contribution is 0.141. The normalized spacial score (nSPS) is 23.9. The zero-order chi connectivity index (χ0) is 13.0. The lowest BCUT2D eigenvalue weighted by Crippen LogP contribution is -2.28. The van der Waals surface area contributed by atoms with E-state index in [9.17, 15) is 5.11 Å². The molecule has 1 saturated carbocycles. The smallest absolute Gasteiger partial charge is 0.140 e. The molecule has 1 heterocycles. The fraction of sp³-hybridized carbons (Fsp3) is 0.643. The monoisotopic (exact) mass is 312 g/mol. The van der Waals surface area contributed by atoms with Crippen LogP contribution >= 0.6 is 15.9 Å². The Balaban J connectivity index is 1.93. The van der Waals surface area contributed by atoms with E-state index < -0.39 is 0 Å². The number of aromatic nitrogens is 1. The molecule has 0 amide bonds. The fourth-order valence-electron chi connectivity index (χ4n) is 2.68.